The summed E-state index contributed by atoms with van der Waals surface area (Å²) in [5.74, 6) is 0.932. The van der Waals surface area contributed by atoms with Crippen molar-refractivity contribution in [1.82, 2.24) is 5.32 Å². The first-order valence-electron chi connectivity index (χ1n) is 7.27. The maximum absolute atomic E-state index is 12.3. The number of anilines is 1. The van der Waals surface area contributed by atoms with E-state index in [0.29, 0.717) is 12.3 Å². The van der Waals surface area contributed by atoms with Crippen LogP contribution < -0.4 is 10.2 Å². The van der Waals surface area contributed by atoms with Crippen LogP contribution in [0.5, 0.6) is 0 Å². The highest BCUT2D eigenvalue weighted by Crippen LogP contribution is 2.35. The number of nitrogens with zero attached hydrogens (tertiary/aromatic N) is 1. The van der Waals surface area contributed by atoms with Gasteiger partial charge in [-0.25, -0.2) is 0 Å². The third-order valence-electron chi connectivity index (χ3n) is 4.52. The molecule has 1 saturated heterocycles. The summed E-state index contributed by atoms with van der Waals surface area (Å²) in [6.45, 7) is 7.31. The minimum absolute atomic E-state index is 0.283. The lowest BCUT2D eigenvalue weighted by Crippen LogP contribution is -2.37. The van der Waals surface area contributed by atoms with Crippen molar-refractivity contribution < 1.29 is 4.79 Å². The summed E-state index contributed by atoms with van der Waals surface area (Å²) < 4.78 is 0. The molecule has 0 radical (unpaired) electrons. The van der Waals surface area contributed by atoms with Crippen LogP contribution in [0.15, 0.2) is 12.1 Å². The molecule has 2 aliphatic heterocycles. The minimum atomic E-state index is 0.283. The minimum Gasteiger partial charge on any atom is -0.317 e. The Hall–Kier alpha value is -1.35. The number of hydrogen-bond acceptors (Lipinski definition) is 2. The molecule has 2 aliphatic rings. The van der Waals surface area contributed by atoms with Gasteiger partial charge in [-0.05, 0) is 62.4 Å². The normalized spacial score (nSPS) is 19.9. The Kier molecular flexibility index (Phi) is 3.31. The third-order valence-corrected chi connectivity index (χ3v) is 4.52. The number of carbonyl (C=O) groups excluding carboxylic acids is 1. The molecular formula is C16H22N2O. The summed E-state index contributed by atoms with van der Waals surface area (Å²) in [5, 5.41) is 3.39. The van der Waals surface area contributed by atoms with Crippen LogP contribution in [0.25, 0.3) is 0 Å². The van der Waals surface area contributed by atoms with E-state index in [1.807, 2.05) is 4.90 Å². The smallest absolute Gasteiger partial charge is 0.231 e. The zero-order valence-electron chi connectivity index (χ0n) is 11.8. The Morgan fingerprint density at radius 1 is 1.21 bits per heavy atom. The van der Waals surface area contributed by atoms with Gasteiger partial charge in [-0.3, -0.25) is 4.79 Å². The highest BCUT2D eigenvalue weighted by Gasteiger charge is 2.31. The van der Waals surface area contributed by atoms with Gasteiger partial charge in [0.25, 0.3) is 0 Å². The third kappa shape index (κ3) is 2.27. The molecule has 3 nitrogen and oxygen atoms in total. The van der Waals surface area contributed by atoms with Crippen molar-refractivity contribution in [3.8, 4) is 0 Å². The number of rotatable bonds is 2. The monoisotopic (exact) mass is 258 g/mol. The number of benzene rings is 1. The summed E-state index contributed by atoms with van der Waals surface area (Å²) in [5.41, 5.74) is 4.93. The SMILES string of the molecule is Cc1ccc(C)c2c1CC(=O)N2CC1CCNCC1. The molecule has 3 heteroatoms. The molecule has 0 aromatic heterocycles. The highest BCUT2D eigenvalue weighted by molar-refractivity contribution is 6.02. The van der Waals surface area contributed by atoms with E-state index in [-0.39, 0.29) is 5.91 Å². The zero-order chi connectivity index (χ0) is 13.4. The van der Waals surface area contributed by atoms with E-state index in [1.165, 1.54) is 35.2 Å². The van der Waals surface area contributed by atoms with E-state index in [0.717, 1.165) is 19.6 Å². The number of carbonyl (C=O) groups is 1. The number of hydrogen-bond donors (Lipinski definition) is 1. The Bertz CT molecular complexity index is 504. The fourth-order valence-electron chi connectivity index (χ4n) is 3.34. The van der Waals surface area contributed by atoms with Crippen molar-refractivity contribution in [2.45, 2.75) is 33.1 Å². The molecule has 0 spiro atoms. The van der Waals surface area contributed by atoms with Crippen molar-refractivity contribution in [2.24, 2.45) is 5.92 Å². The zero-order valence-corrected chi connectivity index (χ0v) is 11.8. The second kappa shape index (κ2) is 4.97. The number of nitrogens with one attached hydrogen (secondary N) is 1. The molecule has 1 fully saturated rings. The molecular weight excluding hydrogens is 236 g/mol. The highest BCUT2D eigenvalue weighted by atomic mass is 16.2. The summed E-state index contributed by atoms with van der Waals surface area (Å²) >= 11 is 0. The van der Waals surface area contributed by atoms with Crippen LogP contribution >= 0.6 is 0 Å². The van der Waals surface area contributed by atoms with Crippen LogP contribution in [0.1, 0.15) is 29.5 Å². The van der Waals surface area contributed by atoms with Crippen molar-refractivity contribution in [3.63, 3.8) is 0 Å². The second-order valence-corrected chi connectivity index (χ2v) is 5.90. The van der Waals surface area contributed by atoms with E-state index in [2.05, 4.69) is 31.3 Å². The maximum Gasteiger partial charge on any atom is 0.231 e. The first-order chi connectivity index (χ1) is 9.16. The molecule has 19 heavy (non-hydrogen) atoms. The van der Waals surface area contributed by atoms with Crippen molar-refractivity contribution in [3.05, 3.63) is 28.8 Å². The average Bonchev–Trinajstić information content (AvgIpc) is 2.74. The number of aryl methyl sites for hydroxylation is 2. The molecule has 0 saturated carbocycles. The van der Waals surface area contributed by atoms with Crippen LogP contribution in [-0.2, 0) is 11.2 Å². The van der Waals surface area contributed by atoms with Gasteiger partial charge in [0.05, 0.1) is 12.1 Å². The molecule has 3 rings (SSSR count). The molecule has 1 N–H and O–H groups in total. The van der Waals surface area contributed by atoms with Gasteiger partial charge < -0.3 is 10.2 Å². The molecule has 1 amide bonds. The molecule has 102 valence electrons. The van der Waals surface area contributed by atoms with E-state index >= 15 is 0 Å². The fraction of sp³-hybridized carbons (Fsp3) is 0.562. The lowest BCUT2D eigenvalue weighted by atomic mass is 9.97. The van der Waals surface area contributed by atoms with Gasteiger partial charge in [-0.15, -0.1) is 0 Å². The average molecular weight is 258 g/mol. The van der Waals surface area contributed by atoms with Crippen molar-refractivity contribution in [2.75, 3.05) is 24.5 Å². The van der Waals surface area contributed by atoms with Crippen LogP contribution in [0, 0.1) is 19.8 Å². The fourth-order valence-corrected chi connectivity index (χ4v) is 3.34. The molecule has 1 aromatic rings. The first kappa shape index (κ1) is 12.7. The van der Waals surface area contributed by atoms with E-state index < -0.39 is 0 Å². The van der Waals surface area contributed by atoms with Crippen LogP contribution in [0.2, 0.25) is 0 Å². The number of fused-ring (bicyclic) bond motifs is 1. The van der Waals surface area contributed by atoms with Gasteiger partial charge in [0, 0.05) is 6.54 Å². The van der Waals surface area contributed by atoms with Crippen LogP contribution in [-0.4, -0.2) is 25.5 Å². The molecule has 0 unspecified atom stereocenters. The van der Waals surface area contributed by atoms with Gasteiger partial charge in [-0.2, -0.15) is 0 Å². The van der Waals surface area contributed by atoms with Gasteiger partial charge in [0.1, 0.15) is 0 Å². The quantitative estimate of drug-likeness (QED) is 0.882. The Morgan fingerprint density at radius 2 is 1.89 bits per heavy atom. The van der Waals surface area contributed by atoms with E-state index in [4.69, 9.17) is 0 Å². The van der Waals surface area contributed by atoms with Gasteiger partial charge in [-0.1, -0.05) is 12.1 Å². The predicted octanol–water partition coefficient (Wildman–Crippen LogP) is 2.19. The standard InChI is InChI=1S/C16H22N2O/c1-11-3-4-12(2)16-14(11)9-15(19)18(16)10-13-5-7-17-8-6-13/h3-4,13,17H,5-10H2,1-2H3. The number of amides is 1. The first-order valence-corrected chi connectivity index (χ1v) is 7.27. The van der Waals surface area contributed by atoms with Gasteiger partial charge in [0.15, 0.2) is 0 Å². The molecule has 0 atom stereocenters. The Morgan fingerprint density at radius 3 is 2.63 bits per heavy atom. The maximum atomic E-state index is 12.3. The van der Waals surface area contributed by atoms with Gasteiger partial charge in [0.2, 0.25) is 5.91 Å². The Labute approximate surface area is 115 Å². The van der Waals surface area contributed by atoms with Crippen molar-refractivity contribution in [1.29, 1.82) is 0 Å². The predicted molar refractivity (Wildman–Crippen MR) is 77.6 cm³/mol. The molecule has 1 aromatic carbocycles. The Balaban J connectivity index is 1.87. The summed E-state index contributed by atoms with van der Waals surface area (Å²) in [6.07, 6.45) is 2.96. The second-order valence-electron chi connectivity index (χ2n) is 5.90. The molecule has 0 aliphatic carbocycles. The summed E-state index contributed by atoms with van der Waals surface area (Å²) in [6, 6.07) is 4.28. The topological polar surface area (TPSA) is 32.3 Å². The van der Waals surface area contributed by atoms with Crippen LogP contribution in [0.3, 0.4) is 0 Å². The van der Waals surface area contributed by atoms with Crippen LogP contribution in [0.4, 0.5) is 5.69 Å². The molecule has 0 bridgehead atoms. The van der Waals surface area contributed by atoms with Crippen molar-refractivity contribution >= 4 is 11.6 Å². The molecule has 2 heterocycles. The lowest BCUT2D eigenvalue weighted by molar-refractivity contribution is -0.117. The van der Waals surface area contributed by atoms with Gasteiger partial charge >= 0.3 is 0 Å². The van der Waals surface area contributed by atoms with E-state index in [1.54, 1.807) is 0 Å². The summed E-state index contributed by atoms with van der Waals surface area (Å²) in [7, 11) is 0. The number of piperidine rings is 1. The van der Waals surface area contributed by atoms with E-state index in [9.17, 15) is 4.79 Å². The largest absolute Gasteiger partial charge is 0.317 e. The lowest BCUT2D eigenvalue weighted by Gasteiger charge is -2.28. The summed E-state index contributed by atoms with van der Waals surface area (Å²) in [4.78, 5) is 14.4.